The molecule has 5 nitrogen and oxygen atoms in total. The second-order valence-corrected chi connectivity index (χ2v) is 6.43. The summed E-state index contributed by atoms with van der Waals surface area (Å²) in [4.78, 5) is 17.1. The van der Waals surface area contributed by atoms with Crippen molar-refractivity contribution in [2.24, 2.45) is 5.92 Å². The largest absolute Gasteiger partial charge is 0.337 e. The number of aromatic nitrogens is 2. The number of H-pyrrole nitrogens is 1. The molecule has 1 aromatic heterocycles. The third-order valence-electron chi connectivity index (χ3n) is 5.27. The molecule has 2 heterocycles. The predicted octanol–water partition coefficient (Wildman–Crippen LogP) is 1.73. The number of aromatic amines is 1. The number of likely N-dealkylation sites (tertiary alicyclic amines) is 1. The fraction of sp³-hybridized carbons (Fsp3) is 0.500. The van der Waals surface area contributed by atoms with Gasteiger partial charge in [0.1, 0.15) is 0 Å². The van der Waals surface area contributed by atoms with E-state index < -0.39 is 0 Å². The number of carbonyl (C=O) groups excluding carboxylic acids is 1. The number of rotatable bonds is 2. The molecule has 1 aliphatic carbocycles. The van der Waals surface area contributed by atoms with Crippen LogP contribution in [0.2, 0.25) is 0 Å². The molecular weight excluding hydrogens is 264 g/mol. The molecule has 1 aromatic carbocycles. The van der Waals surface area contributed by atoms with Crippen LogP contribution >= 0.6 is 0 Å². The summed E-state index contributed by atoms with van der Waals surface area (Å²) in [6.45, 7) is 1.11. The number of hydrogen-bond donors (Lipinski definition) is 1. The van der Waals surface area contributed by atoms with Crippen LogP contribution < -0.4 is 0 Å². The van der Waals surface area contributed by atoms with Crippen LogP contribution in [0.3, 0.4) is 0 Å². The van der Waals surface area contributed by atoms with E-state index in [2.05, 4.69) is 22.1 Å². The van der Waals surface area contributed by atoms with E-state index in [1.165, 1.54) is 6.42 Å². The van der Waals surface area contributed by atoms with Gasteiger partial charge in [-0.2, -0.15) is 5.10 Å². The van der Waals surface area contributed by atoms with Gasteiger partial charge in [0, 0.05) is 31.1 Å². The highest BCUT2D eigenvalue weighted by Gasteiger charge is 2.45. The number of nitrogens with zero attached hydrogens (tertiary/aromatic N) is 3. The van der Waals surface area contributed by atoms with Crippen LogP contribution in [-0.4, -0.2) is 58.6 Å². The number of para-hydroxylation sites is 1. The van der Waals surface area contributed by atoms with Gasteiger partial charge >= 0.3 is 0 Å². The Morgan fingerprint density at radius 2 is 2.19 bits per heavy atom. The smallest absolute Gasteiger partial charge is 0.274 e. The molecule has 2 aliphatic rings. The second kappa shape index (κ2) is 4.56. The number of benzene rings is 1. The molecule has 2 fully saturated rings. The number of carbonyl (C=O) groups is 1. The first kappa shape index (κ1) is 12.8. The van der Waals surface area contributed by atoms with E-state index in [-0.39, 0.29) is 5.91 Å². The van der Waals surface area contributed by atoms with Gasteiger partial charge in [-0.3, -0.25) is 9.89 Å². The van der Waals surface area contributed by atoms with Gasteiger partial charge in [0.2, 0.25) is 0 Å². The quantitative estimate of drug-likeness (QED) is 0.913. The van der Waals surface area contributed by atoms with E-state index >= 15 is 0 Å². The Hall–Kier alpha value is -1.88. The number of piperidine rings is 1. The summed E-state index contributed by atoms with van der Waals surface area (Å²) >= 11 is 0. The molecular formula is C16H20N4O. The van der Waals surface area contributed by atoms with E-state index in [1.54, 1.807) is 0 Å². The average Bonchev–Trinajstić information content (AvgIpc) is 3.18. The third kappa shape index (κ3) is 1.87. The first-order valence-electron chi connectivity index (χ1n) is 7.55. The van der Waals surface area contributed by atoms with Crippen LogP contribution in [0.5, 0.6) is 0 Å². The van der Waals surface area contributed by atoms with Crippen molar-refractivity contribution in [1.82, 2.24) is 20.0 Å². The van der Waals surface area contributed by atoms with Crippen molar-refractivity contribution in [3.63, 3.8) is 0 Å². The minimum absolute atomic E-state index is 0.0349. The molecule has 5 heteroatoms. The van der Waals surface area contributed by atoms with Crippen molar-refractivity contribution < 1.29 is 4.79 Å². The topological polar surface area (TPSA) is 52.2 Å². The molecule has 1 amide bonds. The van der Waals surface area contributed by atoms with Crippen LogP contribution in [-0.2, 0) is 0 Å². The fourth-order valence-electron chi connectivity index (χ4n) is 4.07. The maximum Gasteiger partial charge on any atom is 0.274 e. The Labute approximate surface area is 123 Å². The van der Waals surface area contributed by atoms with E-state index in [0.29, 0.717) is 23.7 Å². The zero-order chi connectivity index (χ0) is 14.6. The summed E-state index contributed by atoms with van der Waals surface area (Å²) in [5, 5.41) is 8.10. The number of nitrogens with one attached hydrogen (secondary N) is 1. The molecule has 2 aromatic rings. The monoisotopic (exact) mass is 284 g/mol. The fourth-order valence-corrected chi connectivity index (χ4v) is 4.07. The summed E-state index contributed by atoms with van der Waals surface area (Å²) < 4.78 is 0. The van der Waals surface area contributed by atoms with Crippen molar-refractivity contribution in [1.29, 1.82) is 0 Å². The molecule has 2 bridgehead atoms. The van der Waals surface area contributed by atoms with E-state index in [0.717, 1.165) is 23.9 Å². The maximum atomic E-state index is 12.8. The highest BCUT2D eigenvalue weighted by Crippen LogP contribution is 2.39. The molecule has 110 valence electrons. The summed E-state index contributed by atoms with van der Waals surface area (Å²) in [6, 6.07) is 8.80. The molecule has 3 unspecified atom stereocenters. The lowest BCUT2D eigenvalue weighted by molar-refractivity contribution is 0.0638. The lowest BCUT2D eigenvalue weighted by Crippen LogP contribution is -2.45. The highest BCUT2D eigenvalue weighted by atomic mass is 16.2. The molecule has 1 aliphatic heterocycles. The van der Waals surface area contributed by atoms with Crippen LogP contribution in [0.4, 0.5) is 0 Å². The van der Waals surface area contributed by atoms with Gasteiger partial charge in [-0.15, -0.1) is 0 Å². The standard InChI is InChI=1S/C16H20N4O/c1-19-9-10-7-11(19)8-14(10)20(2)16(21)15-12-5-3-4-6-13(12)17-18-15/h3-6,10-11,14H,7-9H2,1-2H3,(H,17,18). The summed E-state index contributed by atoms with van der Waals surface area (Å²) in [7, 11) is 4.11. The molecule has 1 saturated carbocycles. The minimum Gasteiger partial charge on any atom is -0.337 e. The first-order valence-corrected chi connectivity index (χ1v) is 7.55. The number of hydrogen-bond acceptors (Lipinski definition) is 3. The van der Waals surface area contributed by atoms with E-state index in [4.69, 9.17) is 0 Å². The SMILES string of the molecule is CN1CC2CC1CC2N(C)C(=O)c1n[nH]c2ccccc12. The van der Waals surface area contributed by atoms with Crippen LogP contribution in [0.25, 0.3) is 10.9 Å². The minimum atomic E-state index is 0.0349. The van der Waals surface area contributed by atoms with Gasteiger partial charge in [-0.05, 0) is 31.9 Å². The normalized spacial score (nSPS) is 28.4. The lowest BCUT2D eigenvalue weighted by atomic mass is 10.0. The Morgan fingerprint density at radius 1 is 1.38 bits per heavy atom. The zero-order valence-corrected chi connectivity index (χ0v) is 12.4. The predicted molar refractivity (Wildman–Crippen MR) is 81.1 cm³/mol. The first-order chi connectivity index (χ1) is 10.1. The van der Waals surface area contributed by atoms with Crippen LogP contribution in [0, 0.1) is 5.92 Å². The molecule has 0 spiro atoms. The maximum absolute atomic E-state index is 12.8. The Kier molecular flexibility index (Phi) is 2.79. The Bertz CT molecular complexity index is 692. The van der Waals surface area contributed by atoms with Crippen molar-refractivity contribution in [3.8, 4) is 0 Å². The van der Waals surface area contributed by atoms with Gasteiger partial charge in [-0.1, -0.05) is 18.2 Å². The van der Waals surface area contributed by atoms with Crippen molar-refractivity contribution in [2.75, 3.05) is 20.6 Å². The van der Waals surface area contributed by atoms with Crippen LogP contribution in [0.1, 0.15) is 23.3 Å². The molecule has 0 radical (unpaired) electrons. The molecule has 3 atom stereocenters. The Balaban J connectivity index is 1.60. The average molecular weight is 284 g/mol. The van der Waals surface area contributed by atoms with Gasteiger partial charge in [0.25, 0.3) is 5.91 Å². The highest BCUT2D eigenvalue weighted by molar-refractivity contribution is 6.04. The van der Waals surface area contributed by atoms with Crippen molar-refractivity contribution >= 4 is 16.8 Å². The molecule has 21 heavy (non-hydrogen) atoms. The van der Waals surface area contributed by atoms with Crippen molar-refractivity contribution in [3.05, 3.63) is 30.0 Å². The second-order valence-electron chi connectivity index (χ2n) is 6.43. The summed E-state index contributed by atoms with van der Waals surface area (Å²) in [6.07, 6.45) is 2.31. The lowest BCUT2D eigenvalue weighted by Gasteiger charge is -2.34. The summed E-state index contributed by atoms with van der Waals surface area (Å²) in [5.74, 6) is 0.645. The van der Waals surface area contributed by atoms with E-state index in [1.807, 2.05) is 36.2 Å². The third-order valence-corrected chi connectivity index (χ3v) is 5.27. The van der Waals surface area contributed by atoms with Crippen molar-refractivity contribution in [2.45, 2.75) is 24.9 Å². The number of amides is 1. The molecule has 1 saturated heterocycles. The Morgan fingerprint density at radius 3 is 2.90 bits per heavy atom. The van der Waals surface area contributed by atoms with Gasteiger partial charge < -0.3 is 9.80 Å². The number of fused-ring (bicyclic) bond motifs is 3. The molecule has 1 N–H and O–H groups in total. The zero-order valence-electron chi connectivity index (χ0n) is 12.4. The van der Waals surface area contributed by atoms with Gasteiger partial charge in [-0.25, -0.2) is 0 Å². The summed E-state index contributed by atoms with van der Waals surface area (Å²) in [5.41, 5.74) is 1.46. The van der Waals surface area contributed by atoms with E-state index in [9.17, 15) is 4.79 Å². The molecule has 4 rings (SSSR count). The van der Waals surface area contributed by atoms with Crippen LogP contribution in [0.15, 0.2) is 24.3 Å². The van der Waals surface area contributed by atoms with Gasteiger partial charge in [0.15, 0.2) is 5.69 Å². The van der Waals surface area contributed by atoms with Gasteiger partial charge in [0.05, 0.1) is 5.52 Å².